The highest BCUT2D eigenvalue weighted by Gasteiger charge is 2.11. The summed E-state index contributed by atoms with van der Waals surface area (Å²) in [7, 11) is 0. The van der Waals surface area contributed by atoms with E-state index in [1.807, 2.05) is 28.7 Å². The third kappa shape index (κ3) is 2.03. The van der Waals surface area contributed by atoms with Crippen molar-refractivity contribution in [2.45, 2.75) is 13.3 Å². The Morgan fingerprint density at radius 3 is 2.82 bits per heavy atom. The SMILES string of the molecule is C=CC1=C(/C=C\C)C=c2sc3c(sc4ccccc43)c2=CC1. The molecule has 1 aliphatic carbocycles. The van der Waals surface area contributed by atoms with Crippen LogP contribution in [0.1, 0.15) is 13.3 Å². The number of fused-ring (bicyclic) bond motifs is 5. The fraction of sp³-hybridized carbons (Fsp3) is 0.100. The largest absolute Gasteiger partial charge is 0.134 e. The predicted molar refractivity (Wildman–Crippen MR) is 102 cm³/mol. The van der Waals surface area contributed by atoms with Gasteiger partial charge in [-0.3, -0.25) is 0 Å². The second-order valence-electron chi connectivity index (χ2n) is 5.37. The zero-order valence-corrected chi connectivity index (χ0v) is 14.1. The maximum absolute atomic E-state index is 3.98. The highest BCUT2D eigenvalue weighted by Crippen LogP contribution is 2.34. The first-order valence-electron chi connectivity index (χ1n) is 7.42. The number of rotatable bonds is 2. The molecule has 0 unspecified atom stereocenters. The monoisotopic (exact) mass is 320 g/mol. The Balaban J connectivity index is 2.09. The fourth-order valence-corrected chi connectivity index (χ4v) is 5.70. The van der Waals surface area contributed by atoms with Crippen LogP contribution in [0.4, 0.5) is 0 Å². The highest BCUT2D eigenvalue weighted by atomic mass is 32.1. The molecule has 0 radical (unpaired) electrons. The summed E-state index contributed by atoms with van der Waals surface area (Å²) in [6.07, 6.45) is 11.9. The summed E-state index contributed by atoms with van der Waals surface area (Å²) in [5.74, 6) is 0. The lowest BCUT2D eigenvalue weighted by Crippen LogP contribution is -2.17. The third-order valence-electron chi connectivity index (χ3n) is 4.05. The van der Waals surface area contributed by atoms with E-state index in [-0.39, 0.29) is 0 Å². The molecule has 0 atom stereocenters. The number of thiophene rings is 2. The van der Waals surface area contributed by atoms with Crippen LogP contribution in [-0.4, -0.2) is 0 Å². The van der Waals surface area contributed by atoms with Gasteiger partial charge in [-0.25, -0.2) is 0 Å². The van der Waals surface area contributed by atoms with Gasteiger partial charge in [0, 0.05) is 19.8 Å². The summed E-state index contributed by atoms with van der Waals surface area (Å²) < 4.78 is 5.62. The lowest BCUT2D eigenvalue weighted by Gasteiger charge is -2.00. The van der Waals surface area contributed by atoms with Gasteiger partial charge in [0.15, 0.2) is 0 Å². The first-order valence-corrected chi connectivity index (χ1v) is 9.05. The predicted octanol–water partition coefficient (Wildman–Crippen LogP) is 5.14. The Morgan fingerprint density at radius 2 is 2.00 bits per heavy atom. The first-order chi connectivity index (χ1) is 10.8. The summed E-state index contributed by atoms with van der Waals surface area (Å²) in [4.78, 5) is 0. The second kappa shape index (κ2) is 5.38. The smallest absolute Gasteiger partial charge is 0.0541 e. The molecule has 4 rings (SSSR count). The third-order valence-corrected chi connectivity index (χ3v) is 6.57. The summed E-state index contributed by atoms with van der Waals surface area (Å²) in [5.41, 5.74) is 2.58. The van der Waals surface area contributed by atoms with Gasteiger partial charge in [0.2, 0.25) is 0 Å². The number of hydrogen-bond donors (Lipinski definition) is 0. The zero-order chi connectivity index (χ0) is 15.1. The summed E-state index contributed by atoms with van der Waals surface area (Å²) in [6, 6.07) is 8.71. The molecule has 0 saturated heterocycles. The Hall–Kier alpha value is -1.90. The Bertz CT molecular complexity index is 1070. The van der Waals surface area contributed by atoms with E-state index in [0.717, 1.165) is 6.42 Å². The van der Waals surface area contributed by atoms with Crippen LogP contribution in [0.25, 0.3) is 31.6 Å². The molecule has 0 nitrogen and oxygen atoms in total. The van der Waals surface area contributed by atoms with Crippen molar-refractivity contribution in [1.82, 2.24) is 0 Å². The van der Waals surface area contributed by atoms with Crippen molar-refractivity contribution in [1.29, 1.82) is 0 Å². The van der Waals surface area contributed by atoms with Gasteiger partial charge in [-0.2, -0.15) is 0 Å². The summed E-state index contributed by atoms with van der Waals surface area (Å²) in [5, 5.41) is 2.79. The van der Waals surface area contributed by atoms with Crippen molar-refractivity contribution in [3.8, 4) is 0 Å². The van der Waals surface area contributed by atoms with E-state index in [1.165, 1.54) is 40.4 Å². The van der Waals surface area contributed by atoms with Gasteiger partial charge in [-0.05, 0) is 36.6 Å². The lowest BCUT2D eigenvalue weighted by molar-refractivity contribution is 1.34. The van der Waals surface area contributed by atoms with Gasteiger partial charge in [-0.1, -0.05) is 49.1 Å². The van der Waals surface area contributed by atoms with E-state index in [9.17, 15) is 0 Å². The van der Waals surface area contributed by atoms with Crippen molar-refractivity contribution >= 4 is 54.3 Å². The van der Waals surface area contributed by atoms with E-state index < -0.39 is 0 Å². The molecule has 0 N–H and O–H groups in total. The van der Waals surface area contributed by atoms with E-state index in [4.69, 9.17) is 0 Å². The van der Waals surface area contributed by atoms with Crippen molar-refractivity contribution < 1.29 is 0 Å². The summed E-state index contributed by atoms with van der Waals surface area (Å²) in [6.45, 7) is 6.04. The van der Waals surface area contributed by atoms with Crippen LogP contribution in [0.15, 0.2) is 60.2 Å². The van der Waals surface area contributed by atoms with Crippen molar-refractivity contribution in [3.05, 3.63) is 70.0 Å². The normalized spacial score (nSPS) is 15.0. The molecular formula is C20H16S2. The molecule has 0 aliphatic heterocycles. The minimum atomic E-state index is 0.951. The molecule has 0 fully saturated rings. The molecule has 2 aromatic heterocycles. The number of benzene rings is 1. The average Bonchev–Trinajstić information content (AvgIpc) is 2.98. The van der Waals surface area contributed by atoms with Gasteiger partial charge in [0.05, 0.1) is 9.40 Å². The van der Waals surface area contributed by atoms with Gasteiger partial charge < -0.3 is 0 Å². The molecule has 108 valence electrons. The van der Waals surface area contributed by atoms with E-state index in [2.05, 4.69) is 62.1 Å². The van der Waals surface area contributed by atoms with Crippen LogP contribution < -0.4 is 9.75 Å². The van der Waals surface area contributed by atoms with Crippen LogP contribution in [0.3, 0.4) is 0 Å². The molecule has 22 heavy (non-hydrogen) atoms. The Labute approximate surface area is 137 Å². The van der Waals surface area contributed by atoms with Crippen LogP contribution >= 0.6 is 22.7 Å². The van der Waals surface area contributed by atoms with Crippen LogP contribution in [0.5, 0.6) is 0 Å². The Morgan fingerprint density at radius 1 is 1.14 bits per heavy atom. The minimum absolute atomic E-state index is 0.951. The molecule has 0 bridgehead atoms. The van der Waals surface area contributed by atoms with Gasteiger partial charge in [0.1, 0.15) is 0 Å². The molecule has 0 amide bonds. The highest BCUT2D eigenvalue weighted by molar-refractivity contribution is 7.32. The maximum Gasteiger partial charge on any atom is 0.0541 e. The second-order valence-corrected chi connectivity index (χ2v) is 7.48. The van der Waals surface area contributed by atoms with Crippen molar-refractivity contribution in [3.63, 3.8) is 0 Å². The number of hydrogen-bond acceptors (Lipinski definition) is 2. The Kier molecular flexibility index (Phi) is 3.36. The summed E-state index contributed by atoms with van der Waals surface area (Å²) >= 11 is 3.83. The number of allylic oxidation sites excluding steroid dienone is 5. The van der Waals surface area contributed by atoms with E-state index >= 15 is 0 Å². The first kappa shape index (κ1) is 13.7. The van der Waals surface area contributed by atoms with Gasteiger partial charge in [-0.15, -0.1) is 22.7 Å². The van der Waals surface area contributed by atoms with Crippen LogP contribution in [0.2, 0.25) is 0 Å². The molecule has 0 saturated carbocycles. The van der Waals surface area contributed by atoms with Crippen molar-refractivity contribution in [2.24, 2.45) is 0 Å². The maximum atomic E-state index is 3.98. The molecule has 2 heteroatoms. The minimum Gasteiger partial charge on any atom is -0.134 e. The van der Waals surface area contributed by atoms with Crippen LogP contribution in [0, 0.1) is 0 Å². The molecular weight excluding hydrogens is 304 g/mol. The molecule has 0 spiro atoms. The molecule has 1 aliphatic rings. The molecule has 1 aromatic carbocycles. The van der Waals surface area contributed by atoms with Crippen molar-refractivity contribution in [2.75, 3.05) is 0 Å². The topological polar surface area (TPSA) is 0 Å². The van der Waals surface area contributed by atoms with E-state index in [1.54, 1.807) is 0 Å². The molecule has 2 heterocycles. The quantitative estimate of drug-likeness (QED) is 0.613. The lowest BCUT2D eigenvalue weighted by atomic mass is 10.1. The molecule has 3 aromatic rings. The van der Waals surface area contributed by atoms with Crippen LogP contribution in [-0.2, 0) is 0 Å². The standard InChI is InChI=1S/C20H16S2/c1-3-7-14-12-18-16(11-10-13(14)4-2)20-19(22-18)15-8-5-6-9-17(15)21-20/h3-9,11-12H,2,10H2,1H3/b7-3-. The van der Waals surface area contributed by atoms with E-state index in [0.29, 0.717) is 0 Å². The average molecular weight is 320 g/mol. The van der Waals surface area contributed by atoms with Gasteiger partial charge >= 0.3 is 0 Å². The zero-order valence-electron chi connectivity index (χ0n) is 12.4. The van der Waals surface area contributed by atoms with Gasteiger partial charge in [0.25, 0.3) is 0 Å². The fourth-order valence-electron chi connectivity index (χ4n) is 2.98.